The van der Waals surface area contributed by atoms with Crippen molar-refractivity contribution in [3.05, 3.63) is 59.7 Å². The summed E-state index contributed by atoms with van der Waals surface area (Å²) < 4.78 is 13.7. The molecule has 450 valence electrons. The van der Waals surface area contributed by atoms with Crippen molar-refractivity contribution in [2.45, 2.75) is 106 Å². The molecule has 0 radical (unpaired) electrons. The van der Waals surface area contributed by atoms with Crippen molar-refractivity contribution in [3.63, 3.8) is 0 Å². The molecule has 81 heavy (non-hydrogen) atoms. The van der Waals surface area contributed by atoms with Crippen molar-refractivity contribution in [1.29, 1.82) is 0 Å². The van der Waals surface area contributed by atoms with Crippen LogP contribution >= 0.6 is 24.5 Å². The van der Waals surface area contributed by atoms with Crippen LogP contribution in [-0.2, 0) is 69.6 Å². The summed E-state index contributed by atoms with van der Waals surface area (Å²) in [4.78, 5) is 209. The van der Waals surface area contributed by atoms with E-state index in [1.807, 2.05) is 0 Å². The van der Waals surface area contributed by atoms with Gasteiger partial charge in [-0.2, -0.15) is 57.6 Å². The lowest BCUT2D eigenvalue weighted by atomic mass is 10.0. The maximum absolute atomic E-state index is 14.2. The molecule has 2 heterocycles. The zero-order valence-electron chi connectivity index (χ0n) is 43.0. The molecule has 2 aromatic carbocycles. The maximum Gasteiger partial charge on any atom is 0.567 e. The lowest BCUT2D eigenvalue weighted by Crippen LogP contribution is -2.62. The van der Waals surface area contributed by atoms with E-state index in [0.717, 1.165) is 16.7 Å². The molecule has 0 aliphatic carbocycles. The molecule has 2 aliphatic rings. The molecule has 10 atom stereocenters. The van der Waals surface area contributed by atoms with E-state index < -0.39 is 159 Å². The molecule has 0 bridgehead atoms. The van der Waals surface area contributed by atoms with Gasteiger partial charge in [0, 0.05) is 19.5 Å². The lowest BCUT2D eigenvalue weighted by Gasteiger charge is -2.32. The number of aliphatic hydroxyl groups is 2. The average Bonchev–Trinajstić information content (AvgIpc) is 4.10. The topological polar surface area (TPSA) is 549 Å². The molecule has 8 amide bonds. The van der Waals surface area contributed by atoms with E-state index in [4.69, 9.17) is 20.4 Å². The fourth-order valence-corrected chi connectivity index (χ4v) is 9.33. The predicted octanol–water partition coefficient (Wildman–Crippen LogP) is -7.31. The molecule has 34 nitrogen and oxygen atoms in total. The van der Waals surface area contributed by atoms with Crippen molar-refractivity contribution < 1.29 is 121 Å². The van der Waals surface area contributed by atoms with Gasteiger partial charge in [-0.25, -0.2) is 0 Å². The minimum atomic E-state index is -5.18. The highest BCUT2D eigenvalue weighted by molar-refractivity contribution is 7.53. The van der Waals surface area contributed by atoms with Gasteiger partial charge in [0.05, 0.1) is 18.8 Å². The third-order valence-corrected chi connectivity index (χ3v) is 13.8. The molecule has 2 aromatic rings. The molecule has 2 aliphatic heterocycles. The molecule has 0 spiro atoms. The van der Waals surface area contributed by atoms with Gasteiger partial charge in [-0.05, 0) is 74.4 Å². The van der Waals surface area contributed by atoms with Crippen LogP contribution in [0.25, 0.3) is 0 Å². The summed E-state index contributed by atoms with van der Waals surface area (Å²) in [5, 5.41) is 53.8. The second-order valence-electron chi connectivity index (χ2n) is 18.6. The first-order chi connectivity index (χ1) is 37.8. The molecule has 21 N–H and O–H groups in total. The monoisotopic (exact) mass is 1210 g/mol. The van der Waals surface area contributed by atoms with E-state index in [-0.39, 0.29) is 69.4 Å². The third kappa shape index (κ3) is 22.1. The second kappa shape index (κ2) is 30.5. The van der Waals surface area contributed by atoms with Crippen LogP contribution in [0.1, 0.15) is 43.7 Å². The molecule has 0 saturated carbocycles. The first-order valence-corrected chi connectivity index (χ1v) is 29.1. The van der Waals surface area contributed by atoms with E-state index >= 15 is 0 Å². The van der Waals surface area contributed by atoms with Crippen molar-refractivity contribution in [1.82, 2.24) is 41.7 Å². The van der Waals surface area contributed by atoms with Gasteiger partial charge in [-0.3, -0.25) is 38.4 Å². The number of carbonyl (C=O) groups excluding carboxylic acids is 9. The first-order valence-electron chi connectivity index (χ1n) is 24.4. The number of nitrogens with zero attached hydrogens (tertiary/aromatic N) is 2. The molecule has 2 fully saturated rings. The summed E-state index contributed by atoms with van der Waals surface area (Å²) in [6.45, 7) is -3.73. The fourth-order valence-electron chi connectivity index (χ4n) is 8.27. The number of aldehydes is 1. The van der Waals surface area contributed by atoms with Gasteiger partial charge in [-0.1, -0.05) is 24.3 Å². The summed E-state index contributed by atoms with van der Waals surface area (Å²) in [6, 6.07) is -4.46. The Balaban J connectivity index is 1.49. The minimum Gasteiger partial charge on any atom is -0.508 e. The largest absolute Gasteiger partial charge is 0.567 e. The molecule has 0 unspecified atom stereocenters. The predicted molar refractivity (Wildman–Crippen MR) is 276 cm³/mol. The fraction of sp³-hybridized carbons (Fsp3) is 0.523. The van der Waals surface area contributed by atoms with Crippen LogP contribution < -0.4 is 37.6 Å². The van der Waals surface area contributed by atoms with Crippen LogP contribution in [0.15, 0.2) is 48.5 Å². The zero-order chi connectivity index (χ0) is 60.6. The van der Waals surface area contributed by atoms with Crippen LogP contribution in [-0.4, -0.2) is 228 Å². The van der Waals surface area contributed by atoms with Crippen LogP contribution in [0.2, 0.25) is 0 Å². The number of carbonyl (C=O) groups is 9. The van der Waals surface area contributed by atoms with Crippen molar-refractivity contribution in [3.8, 4) is 11.5 Å². The second-order valence-corrected chi connectivity index (χ2v) is 22.4. The highest BCUT2D eigenvalue weighted by Crippen LogP contribution is 2.47. The number of phenolic OH excluding ortho intramolecular Hbond substituents is 2. The summed E-state index contributed by atoms with van der Waals surface area (Å²) >= 11 is 0. The van der Waals surface area contributed by atoms with Crippen molar-refractivity contribution in [2.24, 2.45) is 5.73 Å². The Labute approximate surface area is 462 Å². The van der Waals surface area contributed by atoms with E-state index in [1.54, 1.807) is 0 Å². The first kappa shape index (κ1) is 67.7. The van der Waals surface area contributed by atoms with E-state index in [2.05, 4.69) is 45.5 Å². The van der Waals surface area contributed by atoms with Gasteiger partial charge < -0.3 is 72.7 Å². The number of phenols is 2. The van der Waals surface area contributed by atoms with Crippen molar-refractivity contribution >= 4 is 78.1 Å². The van der Waals surface area contributed by atoms with Crippen LogP contribution in [0.5, 0.6) is 11.5 Å². The van der Waals surface area contributed by atoms with Gasteiger partial charge in [0.2, 0.25) is 47.3 Å². The Kier molecular flexibility index (Phi) is 25.4. The van der Waals surface area contributed by atoms with Crippen LogP contribution in [0.3, 0.4) is 0 Å². The van der Waals surface area contributed by atoms with Gasteiger partial charge in [0.25, 0.3) is 0 Å². The number of likely N-dealkylation sites (tertiary alicyclic amines) is 2. The number of benzene rings is 2. The zero-order valence-corrected chi connectivity index (χ0v) is 45.7. The molecule has 37 heteroatoms. The van der Waals surface area contributed by atoms with E-state index in [1.165, 1.54) is 48.5 Å². The summed E-state index contributed by atoms with van der Waals surface area (Å²) in [7, 11) is -15.1. The average molecular weight is 1210 g/mol. The van der Waals surface area contributed by atoms with Crippen molar-refractivity contribution in [2.75, 3.05) is 39.5 Å². The van der Waals surface area contributed by atoms with E-state index in [0.29, 0.717) is 11.1 Å². The van der Waals surface area contributed by atoms with Gasteiger partial charge in [-0.15, -0.1) is 0 Å². The summed E-state index contributed by atoms with van der Waals surface area (Å²) in [5.41, 5.74) is 6.88. The molecular formula is C44H67N9O25P3+3. The molecule has 0 aromatic heterocycles. The quantitative estimate of drug-likeness (QED) is 0.0255. The Morgan fingerprint density at radius 3 is 1.42 bits per heavy atom. The Bertz CT molecular complexity index is 2500. The van der Waals surface area contributed by atoms with Gasteiger partial charge in [0.1, 0.15) is 85.9 Å². The Hall–Kier alpha value is -5.84. The minimum absolute atomic E-state index is 0.0693. The summed E-state index contributed by atoms with van der Waals surface area (Å²) in [6.07, 6.45) is -2.17. The third-order valence-electron chi connectivity index (χ3n) is 12.3. The van der Waals surface area contributed by atoms with Crippen LogP contribution in [0, 0.1) is 0 Å². The Morgan fingerprint density at radius 2 is 0.988 bits per heavy atom. The number of nitrogens with two attached hydrogens (primary N) is 1. The maximum atomic E-state index is 14.2. The molecule has 2 saturated heterocycles. The number of hydrogen-bond acceptors (Lipinski definition) is 26. The smallest absolute Gasteiger partial charge is 0.508 e. The Morgan fingerprint density at radius 1 is 0.580 bits per heavy atom. The number of aliphatic hydroxyl groups excluding tert-OH is 2. The standard InChI is InChI=1S/C44H64N9O25P3/c1-23(56)36(51-41(63)35-5-3-15-53(35)43(65)32(21-77-80(70,71)72)49-37(59)29(45)16-24-6-10-27(57)11-7-24)42(64)50-33(22-78-81(73,74)75)44(66)52-14-2-4-34(52)40(62)48-31(19-55)39(61)47-30(17-25-8-12-28(58)13-9-25)38(60)46-26(18-54)20-76-79(67,68)69/h6-13,18,23,26,29-36,55-56,67-75H,2-5,14-17,19-22,45H2,1H3,(H5-3,46,47,48,49,50,51,57,58,59,60,61,62,63,64)/p+3/t23-,26-,29+,30+,31+,32+,33+,34+,35+,36+/m1/s1. The number of amides is 8. The number of nitrogens with one attached hydrogen (secondary N) is 6. The lowest BCUT2D eigenvalue weighted by molar-refractivity contribution is -0.145. The molecule has 4 rings (SSSR count). The van der Waals surface area contributed by atoms with Crippen LogP contribution in [0.4, 0.5) is 0 Å². The number of aromatic hydroxyl groups is 2. The molecular weight excluding hydrogens is 1150 g/mol. The van der Waals surface area contributed by atoms with Gasteiger partial charge >= 0.3 is 24.5 Å². The number of rotatable bonds is 30. The summed E-state index contributed by atoms with van der Waals surface area (Å²) in [5.74, 6) is -9.33. The highest BCUT2D eigenvalue weighted by atomic mass is 31.2. The van der Waals surface area contributed by atoms with E-state index in [9.17, 15) is 92.9 Å². The van der Waals surface area contributed by atoms with Gasteiger partial charge in [0.15, 0.2) is 0 Å². The normalized spacial score (nSPS) is 18.7. The highest BCUT2D eigenvalue weighted by Gasteiger charge is 2.46. The SMILES string of the molecule is C[C@@H](O)[C@H](NC(=O)[C@@H]1CCCN1C(=O)[C@H](CO[P+](O)(O)O)NC(=O)[C@@H](N)Cc1ccc(O)cc1)C(=O)N[C@@H](CO[P+](O)(O)O)C(=O)N1CCC[C@H]1C(=O)N[C@@H](CO)C(=O)N[C@@H](Cc1ccc(O)cc1)C(=O)N[C@H](C=O)CO[P+](O)(O)O. The number of hydrogen-bond donors (Lipinski definition) is 20.